The van der Waals surface area contributed by atoms with E-state index < -0.39 is 0 Å². The average Bonchev–Trinajstić information content (AvgIpc) is 2.86. The predicted molar refractivity (Wildman–Crippen MR) is 88.4 cm³/mol. The molecule has 0 aliphatic carbocycles. The first-order valence-electron chi connectivity index (χ1n) is 7.97. The monoisotopic (exact) mass is 309 g/mol. The fourth-order valence-electron chi connectivity index (χ4n) is 3.68. The number of piperazine rings is 1. The van der Waals surface area contributed by atoms with Gasteiger partial charge in [-0.25, -0.2) is 4.98 Å². The molecule has 21 heavy (non-hydrogen) atoms. The van der Waals surface area contributed by atoms with Crippen molar-refractivity contribution in [1.82, 2.24) is 19.7 Å². The number of hydrogen-bond acceptors (Lipinski definition) is 6. The Hall–Kier alpha value is -0.690. The van der Waals surface area contributed by atoms with Crippen LogP contribution in [-0.4, -0.2) is 72.0 Å². The van der Waals surface area contributed by atoms with Crippen molar-refractivity contribution in [3.63, 3.8) is 0 Å². The highest BCUT2D eigenvalue weighted by molar-refractivity contribution is 7.15. The quantitative estimate of drug-likeness (QED) is 0.909. The predicted octanol–water partition coefficient (Wildman–Crippen LogP) is 1.18. The van der Waals surface area contributed by atoms with Crippen molar-refractivity contribution in [2.24, 2.45) is 5.92 Å². The second-order valence-corrected chi connectivity index (χ2v) is 7.72. The van der Waals surface area contributed by atoms with E-state index in [1.165, 1.54) is 50.6 Å². The van der Waals surface area contributed by atoms with Gasteiger partial charge in [0.1, 0.15) is 0 Å². The van der Waals surface area contributed by atoms with E-state index in [1.54, 1.807) is 11.3 Å². The summed E-state index contributed by atoms with van der Waals surface area (Å²) < 4.78 is 0. The van der Waals surface area contributed by atoms with Crippen LogP contribution in [0.25, 0.3) is 0 Å². The number of anilines is 1. The van der Waals surface area contributed by atoms with Crippen LogP contribution in [0, 0.1) is 5.92 Å². The van der Waals surface area contributed by atoms with Crippen LogP contribution in [0.15, 0.2) is 6.20 Å². The Bertz CT molecular complexity index is 455. The summed E-state index contributed by atoms with van der Waals surface area (Å²) in [6, 6.07) is 0.765. The minimum absolute atomic E-state index is 0.686. The maximum absolute atomic E-state index is 5.72. The Morgan fingerprint density at radius 3 is 2.67 bits per heavy atom. The van der Waals surface area contributed by atoms with Gasteiger partial charge in [-0.05, 0) is 19.4 Å². The number of nitrogens with two attached hydrogens (primary N) is 1. The van der Waals surface area contributed by atoms with E-state index >= 15 is 0 Å². The van der Waals surface area contributed by atoms with Crippen molar-refractivity contribution in [2.45, 2.75) is 25.9 Å². The summed E-state index contributed by atoms with van der Waals surface area (Å²) in [6.45, 7) is 10.7. The number of hydrogen-bond donors (Lipinski definition) is 1. The number of likely N-dealkylation sites (N-methyl/N-ethyl adjacent to an activating group) is 1. The zero-order chi connectivity index (χ0) is 14.8. The molecule has 2 saturated heterocycles. The molecule has 0 aromatic carbocycles. The maximum atomic E-state index is 5.72. The Morgan fingerprint density at radius 1 is 1.29 bits per heavy atom. The Labute approximate surface area is 131 Å². The van der Waals surface area contributed by atoms with Crippen molar-refractivity contribution < 1.29 is 0 Å². The van der Waals surface area contributed by atoms with Crippen molar-refractivity contribution in [1.29, 1.82) is 0 Å². The van der Waals surface area contributed by atoms with Gasteiger partial charge in [0.25, 0.3) is 0 Å². The highest BCUT2D eigenvalue weighted by Crippen LogP contribution is 2.25. The van der Waals surface area contributed by atoms with E-state index in [9.17, 15) is 0 Å². The lowest BCUT2D eigenvalue weighted by molar-refractivity contribution is 0.0328. The molecule has 2 aliphatic heterocycles. The normalized spacial score (nSPS) is 29.8. The number of piperidine rings is 1. The maximum Gasteiger partial charge on any atom is 0.180 e. The lowest BCUT2D eigenvalue weighted by Gasteiger charge is -2.45. The van der Waals surface area contributed by atoms with E-state index in [2.05, 4.69) is 33.7 Å². The van der Waals surface area contributed by atoms with Crippen LogP contribution in [0.2, 0.25) is 0 Å². The van der Waals surface area contributed by atoms with Crippen LogP contribution < -0.4 is 5.73 Å². The van der Waals surface area contributed by atoms with Gasteiger partial charge in [-0.2, -0.15) is 0 Å². The third-order valence-corrected chi connectivity index (χ3v) is 5.71. The first-order valence-corrected chi connectivity index (χ1v) is 8.78. The minimum Gasteiger partial charge on any atom is -0.375 e. The van der Waals surface area contributed by atoms with Crippen LogP contribution in [0.1, 0.15) is 18.2 Å². The summed E-state index contributed by atoms with van der Waals surface area (Å²) in [5, 5.41) is 0.686. The van der Waals surface area contributed by atoms with E-state index in [1.807, 2.05) is 6.20 Å². The molecule has 1 aromatic heterocycles. The van der Waals surface area contributed by atoms with Gasteiger partial charge in [0.2, 0.25) is 0 Å². The van der Waals surface area contributed by atoms with E-state index in [0.717, 1.165) is 18.5 Å². The molecule has 3 heterocycles. The minimum atomic E-state index is 0.686. The summed E-state index contributed by atoms with van der Waals surface area (Å²) in [4.78, 5) is 13.2. The van der Waals surface area contributed by atoms with Crippen LogP contribution in [0.5, 0.6) is 0 Å². The van der Waals surface area contributed by atoms with Gasteiger partial charge in [0.15, 0.2) is 5.13 Å². The third-order valence-electron chi connectivity index (χ3n) is 4.90. The number of nitrogen functional groups attached to an aromatic ring is 1. The summed E-state index contributed by atoms with van der Waals surface area (Å²) in [6.07, 6.45) is 3.22. The van der Waals surface area contributed by atoms with E-state index in [0.29, 0.717) is 5.13 Å². The number of likely N-dealkylation sites (tertiary alicyclic amines) is 1. The molecule has 3 rings (SSSR count). The lowest BCUT2D eigenvalue weighted by Crippen LogP contribution is -2.55. The first kappa shape index (κ1) is 15.2. The summed E-state index contributed by atoms with van der Waals surface area (Å²) >= 11 is 1.62. The van der Waals surface area contributed by atoms with Crippen LogP contribution in [0.3, 0.4) is 0 Å². The molecule has 5 nitrogen and oxygen atoms in total. The summed E-state index contributed by atoms with van der Waals surface area (Å²) in [5.41, 5.74) is 5.72. The molecule has 2 fully saturated rings. The molecule has 118 valence electrons. The van der Waals surface area contributed by atoms with Crippen molar-refractivity contribution in [2.75, 3.05) is 52.0 Å². The topological polar surface area (TPSA) is 48.6 Å². The molecule has 0 amide bonds. The fraction of sp³-hybridized carbons (Fsp3) is 0.800. The van der Waals surface area contributed by atoms with Crippen LogP contribution in [-0.2, 0) is 6.54 Å². The number of rotatable bonds is 3. The second-order valence-electron chi connectivity index (χ2n) is 6.57. The van der Waals surface area contributed by atoms with Crippen molar-refractivity contribution >= 4 is 16.5 Å². The molecule has 1 aromatic rings. The smallest absolute Gasteiger partial charge is 0.180 e. The van der Waals surface area contributed by atoms with Gasteiger partial charge in [-0.1, -0.05) is 6.92 Å². The number of nitrogens with zero attached hydrogens (tertiary/aromatic N) is 4. The Morgan fingerprint density at radius 2 is 2.05 bits per heavy atom. The van der Waals surface area contributed by atoms with Crippen molar-refractivity contribution in [3.05, 3.63) is 11.1 Å². The lowest BCUT2D eigenvalue weighted by atomic mass is 9.92. The molecule has 0 radical (unpaired) electrons. The molecule has 2 aliphatic rings. The Kier molecular flexibility index (Phi) is 4.78. The van der Waals surface area contributed by atoms with E-state index in [4.69, 9.17) is 5.73 Å². The molecule has 0 bridgehead atoms. The number of aromatic nitrogens is 1. The largest absolute Gasteiger partial charge is 0.375 e. The average molecular weight is 309 g/mol. The third kappa shape index (κ3) is 3.74. The first-order chi connectivity index (χ1) is 10.1. The Balaban J connectivity index is 1.52. The van der Waals surface area contributed by atoms with Gasteiger partial charge < -0.3 is 10.6 Å². The zero-order valence-electron chi connectivity index (χ0n) is 13.2. The van der Waals surface area contributed by atoms with E-state index in [-0.39, 0.29) is 0 Å². The van der Waals surface area contributed by atoms with Gasteiger partial charge in [-0.3, -0.25) is 9.80 Å². The zero-order valence-corrected chi connectivity index (χ0v) is 14.0. The van der Waals surface area contributed by atoms with Gasteiger partial charge >= 0.3 is 0 Å². The van der Waals surface area contributed by atoms with Gasteiger partial charge in [0, 0.05) is 62.9 Å². The molecule has 6 heteroatoms. The highest BCUT2D eigenvalue weighted by Gasteiger charge is 2.31. The molecular formula is C15H27N5S. The highest BCUT2D eigenvalue weighted by atomic mass is 32.1. The molecule has 0 saturated carbocycles. The molecule has 2 N–H and O–H groups in total. The second kappa shape index (κ2) is 6.60. The SMILES string of the molecule is CC1CN(Cc2cnc(N)s2)CCC1N1CCN(C)CC1. The fourth-order valence-corrected chi connectivity index (χ4v) is 4.40. The molecular weight excluding hydrogens is 282 g/mol. The molecule has 2 unspecified atom stereocenters. The van der Waals surface area contributed by atoms with Crippen molar-refractivity contribution in [3.8, 4) is 0 Å². The van der Waals surface area contributed by atoms with Gasteiger partial charge in [-0.15, -0.1) is 11.3 Å². The standard InChI is InChI=1S/C15H27N5S/c1-12-10-19(11-13-9-17-15(16)21-13)4-3-14(12)20-7-5-18(2)6-8-20/h9,12,14H,3-8,10-11H2,1-2H3,(H2,16,17). The van der Waals surface area contributed by atoms with Gasteiger partial charge in [0.05, 0.1) is 0 Å². The molecule has 0 spiro atoms. The summed E-state index contributed by atoms with van der Waals surface area (Å²) in [5.74, 6) is 0.743. The van der Waals surface area contributed by atoms with Crippen LogP contribution >= 0.6 is 11.3 Å². The number of thiazole rings is 1. The summed E-state index contributed by atoms with van der Waals surface area (Å²) in [7, 11) is 2.23. The van der Waals surface area contributed by atoms with Crippen LogP contribution in [0.4, 0.5) is 5.13 Å². The molecule has 2 atom stereocenters.